The number of nitrogens with one attached hydrogen (secondary N) is 1. The predicted octanol–water partition coefficient (Wildman–Crippen LogP) is 4.44. The summed E-state index contributed by atoms with van der Waals surface area (Å²) >= 11 is 11.9. The lowest BCUT2D eigenvalue weighted by atomic mass is 9.96. The Balaban J connectivity index is 1.34. The van der Waals surface area contributed by atoms with Crippen LogP contribution in [0.4, 0.5) is 8.78 Å². The van der Waals surface area contributed by atoms with Crippen LogP contribution in [0.3, 0.4) is 0 Å². The Morgan fingerprint density at radius 2 is 1.91 bits per heavy atom. The van der Waals surface area contributed by atoms with Crippen LogP contribution in [0.5, 0.6) is 0 Å². The number of carbonyl (C=O) groups is 1. The molecule has 0 aromatic heterocycles. The Bertz CT molecular complexity index is 1220. The van der Waals surface area contributed by atoms with Gasteiger partial charge in [-0.3, -0.25) is 9.69 Å². The first kappa shape index (κ1) is 25.3. The van der Waals surface area contributed by atoms with Gasteiger partial charge in [-0.25, -0.2) is 21.9 Å². The summed E-state index contributed by atoms with van der Waals surface area (Å²) in [5.74, 6) is -1.72. The van der Waals surface area contributed by atoms with Crippen LogP contribution in [0.1, 0.15) is 45.8 Å². The third-order valence-electron chi connectivity index (χ3n) is 5.79. The number of nitrogens with zero attached hydrogens (tertiary/aromatic N) is 1. The highest BCUT2D eigenvalue weighted by atomic mass is 35.5. The second kappa shape index (κ2) is 9.70. The first-order chi connectivity index (χ1) is 15.9. The number of hydrogen-bond acceptors (Lipinski definition) is 5. The van der Waals surface area contributed by atoms with Crippen molar-refractivity contribution in [3.05, 3.63) is 68.4 Å². The quantitative estimate of drug-likeness (QED) is 0.516. The normalized spacial score (nSPS) is 17.9. The number of rotatable bonds is 9. The summed E-state index contributed by atoms with van der Waals surface area (Å²) in [4.78, 5) is 14.1. The number of amides is 1. The van der Waals surface area contributed by atoms with Crippen molar-refractivity contribution in [3.8, 4) is 0 Å². The van der Waals surface area contributed by atoms with Gasteiger partial charge in [0.2, 0.25) is 10.0 Å². The minimum atomic E-state index is -3.82. The highest BCUT2D eigenvalue weighted by molar-refractivity contribution is 7.89. The van der Waals surface area contributed by atoms with Crippen LogP contribution in [0.25, 0.3) is 0 Å². The fourth-order valence-corrected chi connectivity index (χ4v) is 4.89. The molecule has 2 aromatic rings. The lowest BCUT2D eigenvalue weighted by Gasteiger charge is -2.44. The van der Waals surface area contributed by atoms with Crippen molar-refractivity contribution < 1.29 is 26.7 Å². The number of hydrogen-bond donors (Lipinski definition) is 1. The number of sulfonamides is 1. The zero-order valence-corrected chi connectivity index (χ0v) is 20.7. The molecule has 1 amide bonds. The Morgan fingerprint density at radius 3 is 2.53 bits per heavy atom. The van der Waals surface area contributed by atoms with Crippen molar-refractivity contribution >= 4 is 39.1 Å². The maximum atomic E-state index is 15.0. The lowest BCUT2D eigenvalue weighted by Crippen LogP contribution is -2.60. The summed E-state index contributed by atoms with van der Waals surface area (Å²) in [5, 5.41) is 0.918. The Labute approximate surface area is 207 Å². The maximum Gasteiger partial charge on any atom is 0.267 e. The third kappa shape index (κ3) is 6.26. The second-order valence-electron chi connectivity index (χ2n) is 9.05. The first-order valence-electron chi connectivity index (χ1n) is 10.7. The van der Waals surface area contributed by atoms with Crippen molar-refractivity contribution in [2.45, 2.75) is 37.6 Å². The molecule has 1 saturated heterocycles. The van der Waals surface area contributed by atoms with E-state index in [1.54, 1.807) is 16.9 Å². The smallest absolute Gasteiger partial charge is 0.267 e. The van der Waals surface area contributed by atoms with E-state index in [1.165, 1.54) is 12.1 Å². The van der Waals surface area contributed by atoms with E-state index in [9.17, 15) is 22.0 Å². The standard InChI is InChI=1S/C23H24Cl2F2N2O4S/c1-34(31,32)28-22(30)18-8-17(15-3-4-15)16(7-21(18)26)10-33-13-23(27)11-29(12-23)9-14-2-5-19(24)20(25)6-14/h2,5-8,15H,3-4,9-13H2,1H3,(H,28,30). The van der Waals surface area contributed by atoms with Gasteiger partial charge in [0.25, 0.3) is 5.91 Å². The minimum Gasteiger partial charge on any atom is -0.373 e. The Hall–Kier alpha value is -1.78. The van der Waals surface area contributed by atoms with E-state index in [2.05, 4.69) is 0 Å². The molecule has 34 heavy (non-hydrogen) atoms. The van der Waals surface area contributed by atoms with Gasteiger partial charge in [0.05, 0.1) is 35.1 Å². The number of ether oxygens (including phenoxy) is 1. The van der Waals surface area contributed by atoms with Gasteiger partial charge in [-0.05, 0) is 59.7 Å². The average Bonchev–Trinajstić information content (AvgIpc) is 3.53. The molecule has 0 bridgehead atoms. The van der Waals surface area contributed by atoms with Gasteiger partial charge in [0.1, 0.15) is 5.82 Å². The van der Waals surface area contributed by atoms with Crippen molar-refractivity contribution in [1.82, 2.24) is 9.62 Å². The number of alkyl halides is 1. The van der Waals surface area contributed by atoms with Gasteiger partial charge < -0.3 is 4.74 Å². The molecular formula is C23H24Cl2F2N2O4S. The van der Waals surface area contributed by atoms with Crippen molar-refractivity contribution in [2.24, 2.45) is 0 Å². The summed E-state index contributed by atoms with van der Waals surface area (Å²) in [7, 11) is -3.82. The van der Waals surface area contributed by atoms with Gasteiger partial charge >= 0.3 is 0 Å². The van der Waals surface area contributed by atoms with Crippen molar-refractivity contribution in [3.63, 3.8) is 0 Å². The van der Waals surface area contributed by atoms with Crippen LogP contribution in [-0.2, 0) is 27.9 Å². The SMILES string of the molecule is CS(=O)(=O)NC(=O)c1cc(C2CC2)c(COCC2(F)CN(Cc3ccc(Cl)c(Cl)c3)C2)cc1F. The third-order valence-corrected chi connectivity index (χ3v) is 7.09. The molecule has 0 spiro atoms. The fourth-order valence-electron chi connectivity index (χ4n) is 4.13. The molecule has 0 radical (unpaired) electrons. The van der Waals surface area contributed by atoms with Crippen LogP contribution in [-0.4, -0.2) is 50.8 Å². The van der Waals surface area contributed by atoms with E-state index in [0.29, 0.717) is 22.2 Å². The highest BCUT2D eigenvalue weighted by Crippen LogP contribution is 2.42. The topological polar surface area (TPSA) is 75.7 Å². The summed E-state index contributed by atoms with van der Waals surface area (Å²) < 4.78 is 59.6. The number of halogens is 4. The predicted molar refractivity (Wildman–Crippen MR) is 126 cm³/mol. The summed E-state index contributed by atoms with van der Waals surface area (Å²) in [5.41, 5.74) is 0.343. The highest BCUT2D eigenvalue weighted by Gasteiger charge is 2.43. The lowest BCUT2D eigenvalue weighted by molar-refractivity contribution is -0.0937. The molecule has 1 N–H and O–H groups in total. The van der Waals surface area contributed by atoms with Crippen LogP contribution in [0, 0.1) is 5.82 Å². The molecule has 0 atom stereocenters. The molecule has 184 valence electrons. The molecular weight excluding hydrogens is 509 g/mol. The molecule has 1 aliphatic carbocycles. The second-order valence-corrected chi connectivity index (χ2v) is 11.6. The number of benzene rings is 2. The van der Waals surface area contributed by atoms with E-state index in [1.807, 2.05) is 11.0 Å². The van der Waals surface area contributed by atoms with E-state index in [-0.39, 0.29) is 37.8 Å². The van der Waals surface area contributed by atoms with Crippen LogP contribution >= 0.6 is 23.2 Å². The largest absolute Gasteiger partial charge is 0.373 e. The molecule has 2 fully saturated rings. The van der Waals surface area contributed by atoms with E-state index >= 15 is 0 Å². The van der Waals surface area contributed by atoms with Gasteiger partial charge in [-0.15, -0.1) is 0 Å². The molecule has 11 heteroatoms. The molecule has 1 aliphatic heterocycles. The molecule has 4 rings (SSSR count). The molecule has 1 heterocycles. The van der Waals surface area contributed by atoms with Gasteiger partial charge in [-0.1, -0.05) is 29.3 Å². The summed E-state index contributed by atoms with van der Waals surface area (Å²) in [6.45, 7) is 0.780. The molecule has 1 saturated carbocycles. The number of carbonyl (C=O) groups excluding carboxylic acids is 1. The van der Waals surface area contributed by atoms with E-state index in [4.69, 9.17) is 27.9 Å². The van der Waals surface area contributed by atoms with Crippen LogP contribution in [0.15, 0.2) is 30.3 Å². The zero-order chi connectivity index (χ0) is 24.7. The first-order valence-corrected chi connectivity index (χ1v) is 13.3. The van der Waals surface area contributed by atoms with Gasteiger partial charge in [0.15, 0.2) is 5.67 Å². The van der Waals surface area contributed by atoms with Gasteiger partial charge in [-0.2, -0.15) is 0 Å². The van der Waals surface area contributed by atoms with Crippen LogP contribution in [0.2, 0.25) is 10.0 Å². The minimum absolute atomic E-state index is 0.00477. The zero-order valence-electron chi connectivity index (χ0n) is 18.4. The molecule has 2 aromatic carbocycles. The van der Waals surface area contributed by atoms with E-state index < -0.39 is 27.4 Å². The van der Waals surface area contributed by atoms with Crippen molar-refractivity contribution in [1.29, 1.82) is 0 Å². The van der Waals surface area contributed by atoms with Gasteiger partial charge in [0, 0.05) is 19.6 Å². The fraction of sp³-hybridized carbons (Fsp3) is 0.435. The summed E-state index contributed by atoms with van der Waals surface area (Å²) in [6.07, 6.45) is 2.58. The molecule has 0 unspecified atom stereocenters. The van der Waals surface area contributed by atoms with Crippen molar-refractivity contribution in [2.75, 3.05) is 26.0 Å². The molecule has 6 nitrogen and oxygen atoms in total. The summed E-state index contributed by atoms with van der Waals surface area (Å²) in [6, 6.07) is 7.85. The average molecular weight is 533 g/mol. The Kier molecular flexibility index (Phi) is 7.22. The van der Waals surface area contributed by atoms with E-state index in [0.717, 1.165) is 30.2 Å². The maximum absolute atomic E-state index is 15.0. The monoisotopic (exact) mass is 532 g/mol. The Morgan fingerprint density at radius 1 is 1.21 bits per heavy atom. The number of likely N-dealkylation sites (tertiary alicyclic amines) is 1. The van der Waals surface area contributed by atoms with Crippen LogP contribution < -0.4 is 4.72 Å². The molecule has 2 aliphatic rings.